The number of hydrogen-bond donors (Lipinski definition) is 2. The minimum atomic E-state index is -0.378. The number of carbonyl (C=O) groups is 2. The number of imidazole rings is 1. The summed E-state index contributed by atoms with van der Waals surface area (Å²) in [5.41, 5.74) is 0.878. The van der Waals surface area contributed by atoms with E-state index in [-0.39, 0.29) is 24.3 Å². The maximum Gasteiger partial charge on any atom is 0.237 e. The molecule has 0 spiro atoms. The van der Waals surface area contributed by atoms with Crippen molar-refractivity contribution < 1.29 is 9.59 Å². The lowest BCUT2D eigenvalue weighted by Gasteiger charge is -2.35. The van der Waals surface area contributed by atoms with E-state index < -0.39 is 0 Å². The molecule has 2 N–H and O–H groups in total. The van der Waals surface area contributed by atoms with E-state index in [1.807, 2.05) is 22.9 Å². The van der Waals surface area contributed by atoms with Crippen LogP contribution in [-0.2, 0) is 16.0 Å². The molecular weight excluding hydrogens is 344 g/mol. The summed E-state index contributed by atoms with van der Waals surface area (Å²) in [5.74, 6) is 1.07. The summed E-state index contributed by atoms with van der Waals surface area (Å²) in [5, 5.41) is 5.79. The molecule has 2 aromatic heterocycles. The Labute approximate surface area is 159 Å². The molecule has 146 valence electrons. The molecule has 0 aliphatic carbocycles. The lowest BCUT2D eigenvalue weighted by Crippen LogP contribution is -2.56. The molecule has 8 nitrogen and oxygen atoms in total. The number of piperazine rings is 1. The summed E-state index contributed by atoms with van der Waals surface area (Å²) in [6.07, 6.45) is 7.35. The van der Waals surface area contributed by atoms with Gasteiger partial charge in [0.25, 0.3) is 0 Å². The molecule has 2 aromatic rings. The Kier molecular flexibility index (Phi) is 6.39. The number of nitrogens with zero attached hydrogens (tertiary/aromatic N) is 4. The normalized spacial score (nSPS) is 18.0. The Morgan fingerprint density at radius 2 is 2.30 bits per heavy atom. The van der Waals surface area contributed by atoms with Gasteiger partial charge in [-0.05, 0) is 24.9 Å². The summed E-state index contributed by atoms with van der Waals surface area (Å²) in [4.78, 5) is 35.3. The minimum absolute atomic E-state index is 0.0495. The van der Waals surface area contributed by atoms with Gasteiger partial charge in [-0.1, -0.05) is 13.8 Å². The molecule has 1 aliphatic heterocycles. The molecule has 3 rings (SSSR count). The average Bonchev–Trinajstić information content (AvgIpc) is 3.05. The monoisotopic (exact) mass is 372 g/mol. The van der Waals surface area contributed by atoms with Crippen LogP contribution < -0.4 is 10.6 Å². The van der Waals surface area contributed by atoms with Gasteiger partial charge in [-0.2, -0.15) is 0 Å². The highest BCUT2D eigenvalue weighted by Gasteiger charge is 2.31. The molecule has 1 aliphatic rings. The van der Waals surface area contributed by atoms with E-state index in [2.05, 4.69) is 39.3 Å². The topological polar surface area (TPSA) is 91.6 Å². The zero-order valence-corrected chi connectivity index (χ0v) is 16.0. The summed E-state index contributed by atoms with van der Waals surface area (Å²) in [6, 6.07) is 1.47. The van der Waals surface area contributed by atoms with E-state index in [4.69, 9.17) is 0 Å². The van der Waals surface area contributed by atoms with Crippen molar-refractivity contribution in [2.24, 2.45) is 5.92 Å². The van der Waals surface area contributed by atoms with E-state index in [0.29, 0.717) is 31.2 Å². The van der Waals surface area contributed by atoms with Gasteiger partial charge >= 0.3 is 0 Å². The Balaban J connectivity index is 1.48. The zero-order valence-electron chi connectivity index (χ0n) is 16.0. The number of fused-ring (bicyclic) bond motifs is 1. The second-order valence-corrected chi connectivity index (χ2v) is 7.39. The molecule has 1 atom stereocenters. The van der Waals surface area contributed by atoms with E-state index in [9.17, 15) is 9.59 Å². The van der Waals surface area contributed by atoms with E-state index >= 15 is 0 Å². The third-order valence-corrected chi connectivity index (χ3v) is 4.80. The Bertz CT molecular complexity index is 754. The Morgan fingerprint density at radius 1 is 1.44 bits per heavy atom. The van der Waals surface area contributed by atoms with Crippen LogP contribution in [-0.4, -0.2) is 63.3 Å². The van der Waals surface area contributed by atoms with Crippen molar-refractivity contribution in [1.82, 2.24) is 29.9 Å². The summed E-state index contributed by atoms with van der Waals surface area (Å²) in [6.45, 7) is 7.11. The molecule has 8 heteroatoms. The molecule has 1 saturated heterocycles. The van der Waals surface area contributed by atoms with Crippen molar-refractivity contribution >= 4 is 17.6 Å². The number of hydrogen-bond acceptors (Lipinski definition) is 5. The molecule has 0 unspecified atom stereocenters. The highest BCUT2D eigenvalue weighted by molar-refractivity contribution is 5.88. The van der Waals surface area contributed by atoms with Gasteiger partial charge in [-0.15, -0.1) is 0 Å². The van der Waals surface area contributed by atoms with Crippen LogP contribution in [0.25, 0.3) is 5.78 Å². The maximum atomic E-state index is 12.3. The first-order valence-electron chi connectivity index (χ1n) is 9.60. The van der Waals surface area contributed by atoms with Crippen LogP contribution in [0.4, 0.5) is 0 Å². The fraction of sp³-hybridized carbons (Fsp3) is 0.579. The van der Waals surface area contributed by atoms with Gasteiger partial charge in [0.05, 0.1) is 18.2 Å². The molecule has 0 bridgehead atoms. The molecular formula is C19H28N6O2. The Hall–Kier alpha value is -2.48. The second-order valence-electron chi connectivity index (χ2n) is 7.39. The van der Waals surface area contributed by atoms with Crippen molar-refractivity contribution in [1.29, 1.82) is 0 Å². The maximum absolute atomic E-state index is 12.3. The van der Waals surface area contributed by atoms with Crippen LogP contribution in [0.1, 0.15) is 32.4 Å². The molecule has 0 aromatic carbocycles. The standard InChI is InChI=1S/C19H28N6O2/c1-14(2)5-10-24-11-8-21-18(27)16(24)12-17(26)20-7-4-15-13-25-9-3-6-22-19(25)23-15/h3,6,9,13-14,16H,4-5,7-8,10-12H2,1-2H3,(H,20,26)(H,21,27)/t16-/m0/s1. The lowest BCUT2D eigenvalue weighted by molar-refractivity contribution is -0.134. The molecule has 2 amide bonds. The first kappa shape index (κ1) is 19.3. The first-order valence-corrected chi connectivity index (χ1v) is 9.60. The fourth-order valence-electron chi connectivity index (χ4n) is 3.25. The van der Waals surface area contributed by atoms with Crippen LogP contribution in [0, 0.1) is 5.92 Å². The molecule has 27 heavy (non-hydrogen) atoms. The van der Waals surface area contributed by atoms with Crippen molar-refractivity contribution in [3.05, 3.63) is 30.4 Å². The second kappa shape index (κ2) is 8.94. The van der Waals surface area contributed by atoms with E-state index in [1.165, 1.54) is 0 Å². The predicted molar refractivity (Wildman–Crippen MR) is 102 cm³/mol. The lowest BCUT2D eigenvalue weighted by atomic mass is 10.1. The van der Waals surface area contributed by atoms with Crippen molar-refractivity contribution in [2.75, 3.05) is 26.2 Å². The van der Waals surface area contributed by atoms with Crippen LogP contribution in [0.2, 0.25) is 0 Å². The minimum Gasteiger partial charge on any atom is -0.356 e. The zero-order chi connectivity index (χ0) is 19.2. The highest BCUT2D eigenvalue weighted by atomic mass is 16.2. The number of amides is 2. The number of aromatic nitrogens is 3. The van der Waals surface area contributed by atoms with Gasteiger partial charge in [0.15, 0.2) is 0 Å². The van der Waals surface area contributed by atoms with Crippen LogP contribution >= 0.6 is 0 Å². The molecule has 1 fully saturated rings. The largest absolute Gasteiger partial charge is 0.356 e. The highest BCUT2D eigenvalue weighted by Crippen LogP contribution is 2.12. The predicted octanol–water partition coefficient (Wildman–Crippen LogP) is 0.625. The third kappa shape index (κ3) is 5.26. The summed E-state index contributed by atoms with van der Waals surface area (Å²) >= 11 is 0. The van der Waals surface area contributed by atoms with Gasteiger partial charge in [0, 0.05) is 44.6 Å². The van der Waals surface area contributed by atoms with Crippen LogP contribution in [0.3, 0.4) is 0 Å². The third-order valence-electron chi connectivity index (χ3n) is 4.80. The van der Waals surface area contributed by atoms with Gasteiger partial charge in [-0.25, -0.2) is 9.97 Å². The fourth-order valence-corrected chi connectivity index (χ4v) is 3.25. The van der Waals surface area contributed by atoms with E-state index in [1.54, 1.807) is 6.20 Å². The molecule has 0 saturated carbocycles. The van der Waals surface area contributed by atoms with Gasteiger partial charge in [0.1, 0.15) is 0 Å². The van der Waals surface area contributed by atoms with Gasteiger partial charge in [-0.3, -0.25) is 18.9 Å². The average molecular weight is 372 g/mol. The van der Waals surface area contributed by atoms with Crippen LogP contribution in [0.15, 0.2) is 24.7 Å². The van der Waals surface area contributed by atoms with Crippen molar-refractivity contribution in [2.45, 2.75) is 39.2 Å². The van der Waals surface area contributed by atoms with E-state index in [0.717, 1.165) is 25.2 Å². The number of nitrogens with one attached hydrogen (secondary N) is 2. The quantitative estimate of drug-likeness (QED) is 0.709. The van der Waals surface area contributed by atoms with Crippen LogP contribution in [0.5, 0.6) is 0 Å². The number of carbonyl (C=O) groups excluding carboxylic acids is 2. The summed E-state index contributed by atoms with van der Waals surface area (Å²) in [7, 11) is 0. The number of rotatable bonds is 8. The Morgan fingerprint density at radius 3 is 3.07 bits per heavy atom. The van der Waals surface area contributed by atoms with Crippen molar-refractivity contribution in [3.8, 4) is 0 Å². The summed E-state index contributed by atoms with van der Waals surface area (Å²) < 4.78 is 1.86. The SMILES string of the molecule is CC(C)CCN1CCNC(=O)[C@@H]1CC(=O)NCCc1cn2cccnc2n1. The van der Waals surface area contributed by atoms with Gasteiger partial charge in [0.2, 0.25) is 17.6 Å². The molecule has 0 radical (unpaired) electrons. The first-order chi connectivity index (χ1) is 13.0. The van der Waals surface area contributed by atoms with Gasteiger partial charge < -0.3 is 10.6 Å². The molecule has 3 heterocycles. The smallest absolute Gasteiger partial charge is 0.237 e. The van der Waals surface area contributed by atoms with Crippen molar-refractivity contribution in [3.63, 3.8) is 0 Å².